The highest BCUT2D eigenvalue weighted by atomic mass is 32.2. The van der Waals surface area contributed by atoms with E-state index >= 15 is 0 Å². The van der Waals surface area contributed by atoms with Crippen molar-refractivity contribution in [3.63, 3.8) is 0 Å². The van der Waals surface area contributed by atoms with Crippen LogP contribution in [0, 0.1) is 0 Å². The molecule has 0 saturated heterocycles. The lowest BCUT2D eigenvalue weighted by Crippen LogP contribution is -2.50. The van der Waals surface area contributed by atoms with Crippen molar-refractivity contribution >= 4 is 33.3 Å². The van der Waals surface area contributed by atoms with Crippen molar-refractivity contribution in [1.29, 1.82) is 0 Å². The highest BCUT2D eigenvalue weighted by molar-refractivity contribution is 7.89. The Morgan fingerprint density at radius 1 is 1.27 bits per heavy atom. The number of hydrazine groups is 1. The van der Waals surface area contributed by atoms with Crippen molar-refractivity contribution in [1.82, 2.24) is 20.9 Å². The summed E-state index contributed by atoms with van der Waals surface area (Å²) in [5.41, 5.74) is 4.54. The quantitative estimate of drug-likeness (QED) is 0.414. The monoisotopic (exact) mass is 402 g/mol. The molecule has 0 saturated carbocycles. The molecule has 1 rings (SSSR count). The molecule has 1 amide bonds. The Morgan fingerprint density at radius 3 is 2.50 bits per heavy atom. The predicted octanol–water partition coefficient (Wildman–Crippen LogP) is 0.907. The maximum absolute atomic E-state index is 12.4. The van der Waals surface area contributed by atoms with Crippen molar-refractivity contribution < 1.29 is 17.9 Å². The lowest BCUT2D eigenvalue weighted by molar-refractivity contribution is 0.0943. The van der Waals surface area contributed by atoms with Gasteiger partial charge in [-0.15, -0.1) is 0 Å². The Kier molecular flexibility index (Phi) is 7.94. The maximum atomic E-state index is 12.4. The van der Waals surface area contributed by atoms with E-state index in [1.54, 1.807) is 27.9 Å². The lowest BCUT2D eigenvalue weighted by Gasteiger charge is -2.20. The van der Waals surface area contributed by atoms with Crippen LogP contribution in [0.2, 0.25) is 0 Å². The van der Waals surface area contributed by atoms with Gasteiger partial charge in [0.25, 0.3) is 5.91 Å². The topological polar surface area (TPSA) is 109 Å². The number of hydrogen-bond donors (Lipinski definition) is 4. The molecule has 10 heteroatoms. The smallest absolute Gasteiger partial charge is 0.269 e. The molecule has 26 heavy (non-hydrogen) atoms. The standard InChI is InChI=1S/C16H26N4O4S2/c1-11(10-24-5)17-15(25)19-18-14(21)12-7-6-8-13(9-12)26(22,23)20-16(2,3)4/h6-9,11,20H,10H2,1-5H3,(H,18,21)(H2,17,19,25)/t11-/m0/s1. The molecule has 0 aliphatic carbocycles. The van der Waals surface area contributed by atoms with Crippen LogP contribution < -0.4 is 20.9 Å². The van der Waals surface area contributed by atoms with Gasteiger partial charge in [0.2, 0.25) is 10.0 Å². The number of hydrogen-bond acceptors (Lipinski definition) is 5. The second kappa shape index (κ2) is 9.26. The first-order chi connectivity index (χ1) is 11.9. The van der Waals surface area contributed by atoms with Gasteiger partial charge >= 0.3 is 0 Å². The van der Waals surface area contributed by atoms with Gasteiger partial charge in [-0.1, -0.05) is 6.07 Å². The minimum Gasteiger partial charge on any atom is -0.383 e. The number of carbonyl (C=O) groups excluding carboxylic acids is 1. The van der Waals surface area contributed by atoms with Crippen LogP contribution in [0.5, 0.6) is 0 Å². The van der Waals surface area contributed by atoms with Crippen LogP contribution >= 0.6 is 12.2 Å². The zero-order chi connectivity index (χ0) is 20.0. The number of nitrogens with one attached hydrogen (secondary N) is 4. The van der Waals surface area contributed by atoms with Crippen LogP contribution in [0.25, 0.3) is 0 Å². The normalized spacial score (nSPS) is 13.0. The molecule has 0 spiro atoms. The summed E-state index contributed by atoms with van der Waals surface area (Å²) >= 11 is 5.06. The van der Waals surface area contributed by atoms with Gasteiger partial charge in [0.15, 0.2) is 5.11 Å². The highest BCUT2D eigenvalue weighted by Crippen LogP contribution is 2.14. The average Bonchev–Trinajstić information content (AvgIpc) is 2.50. The fraction of sp³-hybridized carbons (Fsp3) is 0.500. The first kappa shape index (κ1) is 22.3. The van der Waals surface area contributed by atoms with Gasteiger partial charge in [-0.2, -0.15) is 0 Å². The van der Waals surface area contributed by atoms with E-state index < -0.39 is 21.5 Å². The van der Waals surface area contributed by atoms with Crippen molar-refractivity contribution in [2.45, 2.75) is 44.2 Å². The van der Waals surface area contributed by atoms with Gasteiger partial charge in [-0.25, -0.2) is 13.1 Å². The molecule has 8 nitrogen and oxygen atoms in total. The highest BCUT2D eigenvalue weighted by Gasteiger charge is 2.22. The van der Waals surface area contributed by atoms with Gasteiger partial charge < -0.3 is 10.1 Å². The van der Waals surface area contributed by atoms with Gasteiger partial charge in [0, 0.05) is 24.3 Å². The Bertz CT molecular complexity index is 745. The third-order valence-corrected chi connectivity index (χ3v) is 4.91. The zero-order valence-corrected chi connectivity index (χ0v) is 17.2. The van der Waals surface area contributed by atoms with Crippen LogP contribution in [0.3, 0.4) is 0 Å². The van der Waals surface area contributed by atoms with E-state index in [1.807, 2.05) is 6.92 Å². The summed E-state index contributed by atoms with van der Waals surface area (Å²) in [6.07, 6.45) is 0. The van der Waals surface area contributed by atoms with Gasteiger partial charge in [0.1, 0.15) is 0 Å². The molecule has 0 aliphatic heterocycles. The Labute approximate surface area is 160 Å². The van der Waals surface area contributed by atoms with Crippen molar-refractivity contribution in [2.24, 2.45) is 0 Å². The van der Waals surface area contributed by atoms with Crippen molar-refractivity contribution in [3.8, 4) is 0 Å². The summed E-state index contributed by atoms with van der Waals surface area (Å²) < 4.78 is 32.3. The van der Waals surface area contributed by atoms with Gasteiger partial charge in [-0.3, -0.25) is 15.6 Å². The fourth-order valence-corrected chi connectivity index (χ4v) is 3.72. The van der Waals surface area contributed by atoms with E-state index in [4.69, 9.17) is 17.0 Å². The zero-order valence-electron chi connectivity index (χ0n) is 15.5. The molecule has 4 N–H and O–H groups in total. The second-order valence-corrected chi connectivity index (χ2v) is 8.88. The number of thiocarbonyl (C=S) groups is 1. The lowest BCUT2D eigenvalue weighted by atomic mass is 10.1. The fourth-order valence-electron chi connectivity index (χ4n) is 2.00. The molecular formula is C16H26N4O4S2. The summed E-state index contributed by atoms with van der Waals surface area (Å²) in [4.78, 5) is 12.2. The van der Waals surface area contributed by atoms with E-state index in [1.165, 1.54) is 24.3 Å². The Morgan fingerprint density at radius 2 is 1.92 bits per heavy atom. The molecular weight excluding hydrogens is 376 g/mol. The number of ether oxygens (including phenoxy) is 1. The summed E-state index contributed by atoms with van der Waals surface area (Å²) in [5.74, 6) is -0.513. The molecule has 1 atom stereocenters. The summed E-state index contributed by atoms with van der Waals surface area (Å²) in [5, 5.41) is 3.15. The number of amides is 1. The Balaban J connectivity index is 2.76. The maximum Gasteiger partial charge on any atom is 0.269 e. The molecule has 0 bridgehead atoms. The summed E-state index contributed by atoms with van der Waals surface area (Å²) in [6.45, 7) is 7.54. The molecule has 0 unspecified atom stereocenters. The molecule has 1 aromatic carbocycles. The number of methoxy groups -OCH3 is 1. The molecule has 1 aromatic rings. The molecule has 0 fully saturated rings. The molecule has 0 aliphatic rings. The van der Waals surface area contributed by atoms with Gasteiger partial charge in [-0.05, 0) is 58.1 Å². The van der Waals surface area contributed by atoms with Crippen LogP contribution in [-0.2, 0) is 14.8 Å². The van der Waals surface area contributed by atoms with E-state index in [9.17, 15) is 13.2 Å². The predicted molar refractivity (Wildman–Crippen MR) is 104 cm³/mol. The van der Waals surface area contributed by atoms with Crippen molar-refractivity contribution in [2.75, 3.05) is 13.7 Å². The van der Waals surface area contributed by atoms with Crippen molar-refractivity contribution in [3.05, 3.63) is 29.8 Å². The number of benzene rings is 1. The van der Waals surface area contributed by atoms with Crippen LogP contribution in [0.15, 0.2) is 29.2 Å². The number of carbonyl (C=O) groups is 1. The van der Waals surface area contributed by atoms with E-state index in [-0.39, 0.29) is 21.6 Å². The third kappa shape index (κ3) is 7.65. The van der Waals surface area contributed by atoms with E-state index in [2.05, 4.69) is 20.9 Å². The number of sulfonamides is 1. The first-order valence-corrected chi connectivity index (χ1v) is 9.83. The average molecular weight is 403 g/mol. The van der Waals surface area contributed by atoms with Gasteiger partial charge in [0.05, 0.1) is 11.5 Å². The molecule has 0 heterocycles. The largest absolute Gasteiger partial charge is 0.383 e. The van der Waals surface area contributed by atoms with E-state index in [0.29, 0.717) is 6.61 Å². The van der Waals surface area contributed by atoms with Crippen LogP contribution in [-0.4, -0.2) is 44.7 Å². The minimum atomic E-state index is -3.73. The molecule has 0 radical (unpaired) electrons. The second-order valence-electron chi connectivity index (χ2n) is 6.79. The number of rotatable bonds is 6. The van der Waals surface area contributed by atoms with Crippen LogP contribution in [0.4, 0.5) is 0 Å². The van der Waals surface area contributed by atoms with Crippen LogP contribution in [0.1, 0.15) is 38.1 Å². The summed E-state index contributed by atoms with van der Waals surface area (Å²) in [7, 11) is -2.15. The summed E-state index contributed by atoms with van der Waals surface area (Å²) in [6, 6.07) is 5.71. The third-order valence-electron chi connectivity index (χ3n) is 2.93. The van der Waals surface area contributed by atoms with E-state index in [0.717, 1.165) is 0 Å². The molecule has 0 aromatic heterocycles. The molecule has 146 valence electrons. The minimum absolute atomic E-state index is 0.00879. The Hall–Kier alpha value is -1.75. The first-order valence-electron chi connectivity index (χ1n) is 7.94. The SMILES string of the molecule is COC[C@H](C)NC(=S)NNC(=O)c1cccc(S(=O)(=O)NC(C)(C)C)c1.